The number of halogens is 2. The lowest BCUT2D eigenvalue weighted by Crippen LogP contribution is -2.65. The summed E-state index contributed by atoms with van der Waals surface area (Å²) in [5, 5.41) is 3.07. The number of carbonyl (C=O) groups excluding carboxylic acids is 3. The van der Waals surface area contributed by atoms with E-state index >= 15 is 0 Å². The number of likely N-dealkylation sites (tertiary alicyclic amines) is 2. The number of morpholine rings is 1. The largest absolute Gasteiger partial charge is 0.444 e. The minimum absolute atomic E-state index is 0.0182. The third-order valence-corrected chi connectivity index (χ3v) is 9.73. The summed E-state index contributed by atoms with van der Waals surface area (Å²) >= 11 is 0. The van der Waals surface area contributed by atoms with Gasteiger partial charge >= 0.3 is 6.09 Å². The van der Waals surface area contributed by atoms with Crippen molar-refractivity contribution >= 4 is 17.9 Å². The predicted octanol–water partition coefficient (Wildman–Crippen LogP) is 3.93. The molecule has 10 nitrogen and oxygen atoms in total. The topological polar surface area (TPSA) is 101 Å². The van der Waals surface area contributed by atoms with Gasteiger partial charge in [-0.25, -0.2) is 13.6 Å². The number of carbonyl (C=O) groups is 3. The molecule has 1 aliphatic carbocycles. The minimum atomic E-state index is -2.63. The van der Waals surface area contributed by atoms with E-state index < -0.39 is 41.1 Å². The van der Waals surface area contributed by atoms with Crippen molar-refractivity contribution in [2.45, 2.75) is 83.6 Å². The lowest BCUT2D eigenvalue weighted by molar-refractivity contribution is -0.147. The quantitative estimate of drug-likeness (QED) is 0.433. The Bertz CT molecular complexity index is 1210. The summed E-state index contributed by atoms with van der Waals surface area (Å²) in [6.07, 6.45) is -0.660. The molecule has 12 heteroatoms. The highest BCUT2D eigenvalue weighted by molar-refractivity contribution is 5.90. The fraction of sp³-hybridized carbons (Fsp3) is 0.735. The van der Waals surface area contributed by atoms with Crippen LogP contribution in [0, 0.1) is 17.3 Å². The zero-order valence-electron chi connectivity index (χ0n) is 27.6. The van der Waals surface area contributed by atoms with E-state index in [1.165, 1.54) is 0 Å². The maximum Gasteiger partial charge on any atom is 0.410 e. The van der Waals surface area contributed by atoms with Crippen LogP contribution in [0.2, 0.25) is 0 Å². The second-order valence-electron chi connectivity index (χ2n) is 14.7. The number of alkyl halides is 2. The average molecular weight is 649 g/mol. The fourth-order valence-corrected chi connectivity index (χ4v) is 7.15. The SMILES string of the molecule is C[C@@H](OCC1CCC(F)(F)CC1)[C@H](NC(=O)[C@@H]1CN(Cc2ccccc2)CC12CN(C(=O)OC(C)(C)C)C2)C(=O)N1CCOCC1. The van der Waals surface area contributed by atoms with Crippen LogP contribution in [0.4, 0.5) is 13.6 Å². The Kier molecular flexibility index (Phi) is 10.6. The maximum atomic E-state index is 14.2. The second kappa shape index (κ2) is 14.1. The fourth-order valence-electron chi connectivity index (χ4n) is 7.15. The average Bonchev–Trinajstić information content (AvgIpc) is 3.38. The van der Waals surface area contributed by atoms with Crippen LogP contribution in [0.3, 0.4) is 0 Å². The first-order valence-corrected chi connectivity index (χ1v) is 16.6. The number of hydrogen-bond acceptors (Lipinski definition) is 7. The van der Waals surface area contributed by atoms with Crippen molar-refractivity contribution < 1.29 is 37.4 Å². The van der Waals surface area contributed by atoms with Crippen molar-refractivity contribution in [1.82, 2.24) is 20.0 Å². The van der Waals surface area contributed by atoms with Gasteiger partial charge in [0, 0.05) is 70.7 Å². The van der Waals surface area contributed by atoms with Crippen LogP contribution in [0.1, 0.15) is 58.9 Å². The molecular weight excluding hydrogens is 598 g/mol. The highest BCUT2D eigenvalue weighted by Gasteiger charge is 2.58. The molecule has 3 amide bonds. The number of amides is 3. The molecule has 5 rings (SSSR count). The molecule has 1 aromatic rings. The molecule has 1 spiro atoms. The molecule has 0 bridgehead atoms. The van der Waals surface area contributed by atoms with Gasteiger partial charge in [-0.15, -0.1) is 0 Å². The van der Waals surface area contributed by atoms with Crippen molar-refractivity contribution in [2.24, 2.45) is 17.3 Å². The maximum absolute atomic E-state index is 14.2. The van der Waals surface area contributed by atoms with E-state index in [2.05, 4.69) is 22.3 Å². The molecule has 0 unspecified atom stereocenters. The zero-order chi connectivity index (χ0) is 33.1. The molecule has 3 aliphatic heterocycles. The molecule has 1 aromatic carbocycles. The third kappa shape index (κ3) is 8.55. The predicted molar refractivity (Wildman–Crippen MR) is 167 cm³/mol. The molecule has 4 aliphatic rings. The molecule has 1 saturated carbocycles. The number of rotatable bonds is 9. The van der Waals surface area contributed by atoms with Crippen LogP contribution >= 0.6 is 0 Å². The standard InChI is InChI=1S/C34H50F2N4O6/c1-24(45-20-26-10-12-34(35,36)13-11-26)28(30(42)39-14-16-44-17-15-39)37-29(41)27-19-38(18-25-8-6-5-7-9-25)21-33(27)22-40(23-33)31(43)46-32(2,3)4/h5-9,24,26-28H,10-23H2,1-4H3,(H,37,41)/t24-,27+,28+/m1/s1. The van der Waals surface area contributed by atoms with Crippen molar-refractivity contribution in [3.8, 4) is 0 Å². The van der Waals surface area contributed by atoms with E-state index in [0.717, 1.165) is 5.56 Å². The van der Waals surface area contributed by atoms with Gasteiger partial charge in [0.25, 0.3) is 0 Å². The monoisotopic (exact) mass is 648 g/mol. The van der Waals surface area contributed by atoms with E-state index in [1.54, 1.807) is 16.7 Å². The van der Waals surface area contributed by atoms with Crippen LogP contribution in [-0.4, -0.2) is 115 Å². The summed E-state index contributed by atoms with van der Waals surface area (Å²) in [6, 6.07) is 9.10. The van der Waals surface area contributed by atoms with E-state index in [0.29, 0.717) is 71.9 Å². The van der Waals surface area contributed by atoms with Crippen molar-refractivity contribution in [3.63, 3.8) is 0 Å². The van der Waals surface area contributed by atoms with Crippen LogP contribution < -0.4 is 5.32 Å². The first-order chi connectivity index (χ1) is 21.7. The number of nitrogens with one attached hydrogen (secondary N) is 1. The van der Waals surface area contributed by atoms with Gasteiger partial charge in [-0.1, -0.05) is 30.3 Å². The molecule has 0 aromatic heterocycles. The molecule has 3 heterocycles. The van der Waals surface area contributed by atoms with Crippen molar-refractivity contribution in [1.29, 1.82) is 0 Å². The lowest BCUT2D eigenvalue weighted by Gasteiger charge is -2.50. The summed E-state index contributed by atoms with van der Waals surface area (Å²) in [6.45, 7) is 11.7. The van der Waals surface area contributed by atoms with Gasteiger partial charge < -0.3 is 29.3 Å². The number of benzene rings is 1. The number of nitrogens with zero attached hydrogens (tertiary/aromatic N) is 3. The Balaban J connectivity index is 1.30. The first kappa shape index (κ1) is 34.5. The molecule has 0 radical (unpaired) electrons. The number of ether oxygens (including phenoxy) is 3. The molecule has 3 saturated heterocycles. The summed E-state index contributed by atoms with van der Waals surface area (Å²) in [5.41, 5.74) is 0.0116. The summed E-state index contributed by atoms with van der Waals surface area (Å²) in [5.74, 6) is -3.61. The van der Waals surface area contributed by atoms with Crippen molar-refractivity contribution in [3.05, 3.63) is 35.9 Å². The van der Waals surface area contributed by atoms with Gasteiger partial charge in [-0.3, -0.25) is 14.5 Å². The van der Waals surface area contributed by atoms with Crippen molar-refractivity contribution in [2.75, 3.05) is 59.1 Å². The molecule has 256 valence electrons. The van der Waals surface area contributed by atoms with E-state index in [9.17, 15) is 23.2 Å². The Labute approximate surface area is 271 Å². The summed E-state index contributed by atoms with van der Waals surface area (Å²) in [4.78, 5) is 46.5. The molecule has 3 atom stereocenters. The Morgan fingerprint density at radius 2 is 1.67 bits per heavy atom. The summed E-state index contributed by atoms with van der Waals surface area (Å²) in [7, 11) is 0. The number of hydrogen-bond donors (Lipinski definition) is 1. The van der Waals surface area contributed by atoms with Gasteiger partial charge in [0.15, 0.2) is 0 Å². The molecule has 4 fully saturated rings. The highest BCUT2D eigenvalue weighted by Crippen LogP contribution is 2.45. The smallest absolute Gasteiger partial charge is 0.410 e. The highest BCUT2D eigenvalue weighted by atomic mass is 19.3. The van der Waals surface area contributed by atoms with E-state index in [-0.39, 0.29) is 37.2 Å². The van der Waals surface area contributed by atoms with E-state index in [1.807, 2.05) is 39.0 Å². The third-order valence-electron chi connectivity index (χ3n) is 9.73. The van der Waals surface area contributed by atoms with Gasteiger partial charge in [0.2, 0.25) is 17.7 Å². The minimum Gasteiger partial charge on any atom is -0.444 e. The first-order valence-electron chi connectivity index (χ1n) is 16.6. The van der Waals surface area contributed by atoms with E-state index in [4.69, 9.17) is 14.2 Å². The second-order valence-corrected chi connectivity index (χ2v) is 14.7. The molecule has 1 N–H and O–H groups in total. The Morgan fingerprint density at radius 3 is 2.30 bits per heavy atom. The molecular formula is C34H50F2N4O6. The van der Waals surface area contributed by atoms with Gasteiger partial charge in [-0.2, -0.15) is 0 Å². The lowest BCUT2D eigenvalue weighted by atomic mass is 9.71. The van der Waals surface area contributed by atoms with Gasteiger partial charge in [-0.05, 0) is 52.0 Å². The van der Waals surface area contributed by atoms with Gasteiger partial charge in [0.1, 0.15) is 11.6 Å². The van der Waals surface area contributed by atoms with Crippen LogP contribution in [0.25, 0.3) is 0 Å². The van der Waals surface area contributed by atoms with Crippen LogP contribution in [-0.2, 0) is 30.3 Å². The summed E-state index contributed by atoms with van der Waals surface area (Å²) < 4.78 is 44.6. The zero-order valence-corrected chi connectivity index (χ0v) is 27.6. The Hall–Kier alpha value is -2.83. The van der Waals surface area contributed by atoms with Crippen LogP contribution in [0.15, 0.2) is 30.3 Å². The van der Waals surface area contributed by atoms with Gasteiger partial charge in [0.05, 0.1) is 25.2 Å². The van der Waals surface area contributed by atoms with Crippen LogP contribution in [0.5, 0.6) is 0 Å². The Morgan fingerprint density at radius 1 is 1.02 bits per heavy atom. The normalized spacial score (nSPS) is 24.7. The molecule has 46 heavy (non-hydrogen) atoms.